The summed E-state index contributed by atoms with van der Waals surface area (Å²) in [7, 11) is 0. The van der Waals surface area contributed by atoms with Crippen LogP contribution >= 0.6 is 11.3 Å². The van der Waals surface area contributed by atoms with Crippen LogP contribution in [0.1, 0.15) is 23.9 Å². The van der Waals surface area contributed by atoms with Crippen molar-refractivity contribution in [2.75, 3.05) is 18.0 Å². The van der Waals surface area contributed by atoms with Crippen molar-refractivity contribution in [1.82, 2.24) is 15.0 Å². The van der Waals surface area contributed by atoms with E-state index in [1.807, 2.05) is 29.5 Å². The molecule has 0 spiro atoms. The molecule has 3 aromatic heterocycles. The summed E-state index contributed by atoms with van der Waals surface area (Å²) < 4.78 is 0. The predicted molar refractivity (Wildman–Crippen MR) is 104 cm³/mol. The Morgan fingerprint density at radius 2 is 2.12 bits per heavy atom. The van der Waals surface area contributed by atoms with Crippen molar-refractivity contribution < 1.29 is 0 Å². The normalized spacial score (nSPS) is 14.4. The number of nitrogens with zero attached hydrogens (tertiary/aromatic N) is 4. The van der Waals surface area contributed by atoms with E-state index in [1.54, 1.807) is 6.20 Å². The molecule has 1 aliphatic heterocycles. The van der Waals surface area contributed by atoms with Gasteiger partial charge in [0.25, 0.3) is 0 Å². The molecule has 0 unspecified atom stereocenters. The second-order valence-corrected chi connectivity index (χ2v) is 6.96. The summed E-state index contributed by atoms with van der Waals surface area (Å²) in [5, 5.41) is 2.14. The van der Waals surface area contributed by atoms with Crippen molar-refractivity contribution >= 4 is 22.7 Å². The maximum Gasteiger partial charge on any atom is 0.180 e. The first-order valence-electron chi connectivity index (χ1n) is 8.60. The van der Waals surface area contributed by atoms with Gasteiger partial charge >= 0.3 is 0 Å². The van der Waals surface area contributed by atoms with Crippen LogP contribution in [0.2, 0.25) is 0 Å². The quantitative estimate of drug-likeness (QED) is 0.698. The van der Waals surface area contributed by atoms with Gasteiger partial charge in [-0.25, -0.2) is 9.97 Å². The Labute approximate surface area is 151 Å². The van der Waals surface area contributed by atoms with E-state index < -0.39 is 0 Å². The topological polar surface area (TPSA) is 41.9 Å². The van der Waals surface area contributed by atoms with Crippen LogP contribution in [0, 0.1) is 0 Å². The third-order valence-corrected chi connectivity index (χ3v) is 5.34. The number of thiophene rings is 1. The van der Waals surface area contributed by atoms with Crippen molar-refractivity contribution in [3.05, 3.63) is 64.6 Å². The Balaban J connectivity index is 1.62. The molecule has 1 aliphatic rings. The van der Waals surface area contributed by atoms with E-state index in [2.05, 4.69) is 51.4 Å². The van der Waals surface area contributed by atoms with E-state index in [1.165, 1.54) is 10.5 Å². The first kappa shape index (κ1) is 16.0. The highest BCUT2D eigenvalue weighted by Crippen LogP contribution is 2.28. The molecule has 4 nitrogen and oxygen atoms in total. The molecular formula is C20H20N4S. The Hall–Kier alpha value is -2.53. The number of aromatic nitrogens is 3. The Bertz CT molecular complexity index is 872. The summed E-state index contributed by atoms with van der Waals surface area (Å²) >= 11 is 1.81. The molecule has 4 heterocycles. The summed E-state index contributed by atoms with van der Waals surface area (Å²) in [6, 6.07) is 12.3. The fourth-order valence-corrected chi connectivity index (χ4v) is 3.80. The summed E-state index contributed by atoms with van der Waals surface area (Å²) in [4.78, 5) is 17.6. The number of hydrogen-bond acceptors (Lipinski definition) is 5. The molecule has 126 valence electrons. The lowest BCUT2D eigenvalue weighted by atomic mass is 10.1. The van der Waals surface area contributed by atoms with Crippen LogP contribution in [0.25, 0.3) is 17.1 Å². The van der Waals surface area contributed by atoms with Crippen molar-refractivity contribution in [3.8, 4) is 11.5 Å². The third kappa shape index (κ3) is 3.46. The molecule has 0 N–H and O–H groups in total. The number of hydrogen-bond donors (Lipinski definition) is 0. The molecule has 0 saturated carbocycles. The SMILES string of the molecule is CCc1cc(N2CC=C(c3cccs3)CC2)nc(-c2ccccn2)n1. The standard InChI is InChI=1S/C20H20N4S/c1-2-16-14-19(23-20(22-16)17-6-3-4-10-21-17)24-11-8-15(9-12-24)18-7-5-13-25-18/h3-8,10,13-14H,2,9,11-12H2,1H3. The zero-order valence-electron chi connectivity index (χ0n) is 14.2. The van der Waals surface area contributed by atoms with Crippen LogP contribution in [0.3, 0.4) is 0 Å². The first-order valence-corrected chi connectivity index (χ1v) is 9.48. The number of aryl methyl sites for hydroxylation is 1. The van der Waals surface area contributed by atoms with Crippen LogP contribution in [0.4, 0.5) is 5.82 Å². The van der Waals surface area contributed by atoms with Crippen molar-refractivity contribution in [3.63, 3.8) is 0 Å². The molecule has 25 heavy (non-hydrogen) atoms. The molecule has 3 aromatic rings. The van der Waals surface area contributed by atoms with E-state index in [4.69, 9.17) is 4.98 Å². The molecule has 0 fully saturated rings. The van der Waals surface area contributed by atoms with Crippen LogP contribution < -0.4 is 4.90 Å². The van der Waals surface area contributed by atoms with Crippen molar-refractivity contribution in [1.29, 1.82) is 0 Å². The lowest BCUT2D eigenvalue weighted by Crippen LogP contribution is -2.29. The van der Waals surface area contributed by atoms with E-state index in [0.29, 0.717) is 5.82 Å². The summed E-state index contributed by atoms with van der Waals surface area (Å²) in [6.45, 7) is 3.99. The smallest absolute Gasteiger partial charge is 0.180 e. The van der Waals surface area contributed by atoms with Gasteiger partial charge in [0.15, 0.2) is 5.82 Å². The molecule has 0 bridgehead atoms. The molecular weight excluding hydrogens is 328 g/mol. The van der Waals surface area contributed by atoms with Gasteiger partial charge in [-0.3, -0.25) is 4.98 Å². The van der Waals surface area contributed by atoms with Crippen LogP contribution in [-0.2, 0) is 6.42 Å². The van der Waals surface area contributed by atoms with Gasteiger partial charge in [-0.1, -0.05) is 25.1 Å². The highest BCUT2D eigenvalue weighted by Gasteiger charge is 2.17. The molecule has 0 amide bonds. The lowest BCUT2D eigenvalue weighted by molar-refractivity contribution is 0.810. The van der Waals surface area contributed by atoms with Gasteiger partial charge in [0.05, 0.1) is 0 Å². The average molecular weight is 348 g/mol. The summed E-state index contributed by atoms with van der Waals surface area (Å²) in [6.07, 6.45) is 6.04. The van der Waals surface area contributed by atoms with Crippen molar-refractivity contribution in [2.24, 2.45) is 0 Å². The highest BCUT2D eigenvalue weighted by molar-refractivity contribution is 7.11. The molecule has 0 saturated heterocycles. The Morgan fingerprint density at radius 3 is 2.80 bits per heavy atom. The number of pyridine rings is 1. The van der Waals surface area contributed by atoms with E-state index in [-0.39, 0.29) is 0 Å². The van der Waals surface area contributed by atoms with Gasteiger partial charge in [-0.15, -0.1) is 11.3 Å². The summed E-state index contributed by atoms with van der Waals surface area (Å²) in [5.74, 6) is 1.71. The number of rotatable bonds is 4. The molecule has 0 radical (unpaired) electrons. The van der Waals surface area contributed by atoms with E-state index in [9.17, 15) is 0 Å². The van der Waals surface area contributed by atoms with Gasteiger partial charge in [0, 0.05) is 35.9 Å². The molecule has 4 rings (SSSR count). The largest absolute Gasteiger partial charge is 0.352 e. The maximum atomic E-state index is 4.79. The minimum atomic E-state index is 0.711. The second kappa shape index (κ2) is 7.15. The van der Waals surface area contributed by atoms with Crippen LogP contribution in [-0.4, -0.2) is 28.0 Å². The maximum absolute atomic E-state index is 4.79. The van der Waals surface area contributed by atoms with Crippen LogP contribution in [0.5, 0.6) is 0 Å². The van der Waals surface area contributed by atoms with Gasteiger partial charge in [0.1, 0.15) is 11.5 Å². The van der Waals surface area contributed by atoms with Crippen LogP contribution in [0.15, 0.2) is 54.1 Å². The summed E-state index contributed by atoms with van der Waals surface area (Å²) in [5.41, 5.74) is 3.32. The predicted octanol–water partition coefficient (Wildman–Crippen LogP) is 4.46. The molecule has 5 heteroatoms. The van der Waals surface area contributed by atoms with Gasteiger partial charge in [-0.05, 0) is 42.0 Å². The monoisotopic (exact) mass is 348 g/mol. The van der Waals surface area contributed by atoms with E-state index in [0.717, 1.165) is 43.1 Å². The molecule has 0 atom stereocenters. The third-order valence-electron chi connectivity index (χ3n) is 4.39. The first-order chi connectivity index (χ1) is 12.3. The second-order valence-electron chi connectivity index (χ2n) is 6.01. The average Bonchev–Trinajstić information content (AvgIpc) is 3.23. The van der Waals surface area contributed by atoms with Crippen molar-refractivity contribution in [2.45, 2.75) is 19.8 Å². The Kier molecular flexibility index (Phi) is 4.57. The van der Waals surface area contributed by atoms with Gasteiger partial charge in [-0.2, -0.15) is 0 Å². The molecule has 0 aromatic carbocycles. The van der Waals surface area contributed by atoms with E-state index >= 15 is 0 Å². The highest BCUT2D eigenvalue weighted by atomic mass is 32.1. The fraction of sp³-hybridized carbons (Fsp3) is 0.250. The minimum Gasteiger partial charge on any atom is -0.352 e. The number of anilines is 1. The van der Waals surface area contributed by atoms with Gasteiger partial charge < -0.3 is 4.90 Å². The zero-order chi connectivity index (χ0) is 17.1. The minimum absolute atomic E-state index is 0.711. The fourth-order valence-electron chi connectivity index (χ4n) is 3.00. The lowest BCUT2D eigenvalue weighted by Gasteiger charge is -2.27. The van der Waals surface area contributed by atoms with Gasteiger partial charge in [0.2, 0.25) is 0 Å². The Morgan fingerprint density at radius 1 is 1.16 bits per heavy atom. The molecule has 0 aliphatic carbocycles. The zero-order valence-corrected chi connectivity index (χ0v) is 15.0.